The van der Waals surface area contributed by atoms with Crippen LogP contribution in [0.1, 0.15) is 22.7 Å². The number of hydrogen-bond acceptors (Lipinski definition) is 7. The summed E-state index contributed by atoms with van der Waals surface area (Å²) in [6, 6.07) is 9.16. The number of rotatable bonds is 4. The molecule has 3 aromatic rings. The van der Waals surface area contributed by atoms with Gasteiger partial charge in [-0.25, -0.2) is 9.97 Å². The summed E-state index contributed by atoms with van der Waals surface area (Å²) < 4.78 is 16.8. The molecule has 1 atom stereocenters. The molecule has 0 spiro atoms. The molecule has 1 saturated heterocycles. The number of furan rings is 1. The third-order valence-corrected chi connectivity index (χ3v) is 4.42. The van der Waals surface area contributed by atoms with Gasteiger partial charge >= 0.3 is 0 Å². The number of carbonyl (C=O) groups is 1. The number of carbonyl (C=O) groups excluding carboxylic acids is 1. The van der Waals surface area contributed by atoms with Crippen LogP contribution >= 0.6 is 0 Å². The number of aromatic nitrogens is 2. The van der Waals surface area contributed by atoms with E-state index >= 15 is 0 Å². The zero-order chi connectivity index (χ0) is 18.8. The van der Waals surface area contributed by atoms with E-state index in [0.717, 1.165) is 5.39 Å². The summed E-state index contributed by atoms with van der Waals surface area (Å²) in [6.07, 6.45) is 3.29. The molecular formula is C19H16N4O4. The Balaban J connectivity index is 1.49. The molecule has 4 rings (SSSR count). The highest BCUT2D eigenvalue weighted by molar-refractivity contribution is 5.97. The molecule has 1 aromatic carbocycles. The van der Waals surface area contributed by atoms with Crippen LogP contribution in [-0.2, 0) is 0 Å². The minimum absolute atomic E-state index is 0.131. The standard InChI is InChI=1S/C19H16N4O4/c1-25-15-4-2-3-12-9-16(27-17(12)15)19(24)23-8-5-13(11-23)26-18-14(10-20)21-6-7-22-18/h2-4,6-7,9,13H,5,8,11H2,1H3/t13-/m1/s1. The van der Waals surface area contributed by atoms with E-state index in [-0.39, 0.29) is 29.3 Å². The van der Waals surface area contributed by atoms with E-state index in [1.165, 1.54) is 12.4 Å². The molecule has 1 fully saturated rings. The molecule has 1 amide bonds. The van der Waals surface area contributed by atoms with Crippen LogP contribution in [0.4, 0.5) is 0 Å². The molecule has 8 nitrogen and oxygen atoms in total. The number of likely N-dealkylation sites (tertiary alicyclic amines) is 1. The van der Waals surface area contributed by atoms with Crippen LogP contribution in [0.5, 0.6) is 11.6 Å². The van der Waals surface area contributed by atoms with E-state index in [1.807, 2.05) is 18.2 Å². The average molecular weight is 364 g/mol. The van der Waals surface area contributed by atoms with E-state index in [1.54, 1.807) is 24.1 Å². The topological polar surface area (TPSA) is 101 Å². The second-order valence-electron chi connectivity index (χ2n) is 6.09. The Bertz CT molecular complexity index is 1040. The zero-order valence-electron chi connectivity index (χ0n) is 14.6. The maximum atomic E-state index is 12.8. The van der Waals surface area contributed by atoms with Crippen LogP contribution in [0.25, 0.3) is 11.0 Å². The summed E-state index contributed by atoms with van der Waals surface area (Å²) in [5.74, 6) is 0.819. The van der Waals surface area contributed by atoms with Crippen molar-refractivity contribution < 1.29 is 18.7 Å². The van der Waals surface area contributed by atoms with Crippen LogP contribution in [0, 0.1) is 11.3 Å². The summed E-state index contributed by atoms with van der Waals surface area (Å²) in [5.41, 5.74) is 0.681. The van der Waals surface area contributed by atoms with Gasteiger partial charge in [0.1, 0.15) is 12.2 Å². The number of fused-ring (bicyclic) bond motifs is 1. The van der Waals surface area contributed by atoms with Crippen molar-refractivity contribution in [3.05, 3.63) is 48.1 Å². The van der Waals surface area contributed by atoms with Crippen LogP contribution in [0.15, 0.2) is 41.1 Å². The van der Waals surface area contributed by atoms with Crippen molar-refractivity contribution in [1.82, 2.24) is 14.9 Å². The highest BCUT2D eigenvalue weighted by atomic mass is 16.5. The molecule has 0 unspecified atom stereocenters. The van der Waals surface area contributed by atoms with E-state index in [4.69, 9.17) is 19.2 Å². The minimum atomic E-state index is -0.253. The van der Waals surface area contributed by atoms with Crippen LogP contribution < -0.4 is 9.47 Å². The number of ether oxygens (including phenoxy) is 2. The number of para-hydroxylation sites is 1. The van der Waals surface area contributed by atoms with Crippen molar-refractivity contribution in [2.75, 3.05) is 20.2 Å². The Kier molecular flexibility index (Phi) is 4.34. The normalized spacial score (nSPS) is 16.3. The smallest absolute Gasteiger partial charge is 0.289 e. The summed E-state index contributed by atoms with van der Waals surface area (Å²) in [4.78, 5) is 22.4. The van der Waals surface area contributed by atoms with Gasteiger partial charge in [0.15, 0.2) is 17.1 Å². The maximum Gasteiger partial charge on any atom is 0.289 e. The lowest BCUT2D eigenvalue weighted by molar-refractivity contribution is 0.0742. The molecule has 2 aromatic heterocycles. The minimum Gasteiger partial charge on any atom is -0.493 e. The van der Waals surface area contributed by atoms with E-state index in [9.17, 15) is 4.79 Å². The first-order chi connectivity index (χ1) is 13.2. The van der Waals surface area contributed by atoms with Gasteiger partial charge in [0.2, 0.25) is 5.69 Å². The third-order valence-electron chi connectivity index (χ3n) is 4.42. The van der Waals surface area contributed by atoms with Crippen molar-refractivity contribution >= 4 is 16.9 Å². The second kappa shape index (κ2) is 6.96. The lowest BCUT2D eigenvalue weighted by atomic mass is 10.2. The number of methoxy groups -OCH3 is 1. The van der Waals surface area contributed by atoms with Crippen molar-refractivity contribution in [3.8, 4) is 17.7 Å². The molecular weight excluding hydrogens is 348 g/mol. The summed E-state index contributed by atoms with van der Waals surface area (Å²) in [6.45, 7) is 0.911. The number of hydrogen-bond donors (Lipinski definition) is 0. The fourth-order valence-corrected chi connectivity index (χ4v) is 3.11. The van der Waals surface area contributed by atoms with Crippen molar-refractivity contribution in [2.24, 2.45) is 0 Å². The SMILES string of the molecule is COc1cccc2cc(C(=O)N3CC[C@@H](Oc4nccnc4C#N)C3)oc12. The van der Waals surface area contributed by atoms with Gasteiger partial charge in [-0.1, -0.05) is 12.1 Å². The summed E-state index contributed by atoms with van der Waals surface area (Å²) >= 11 is 0. The van der Waals surface area contributed by atoms with Crippen LogP contribution in [-0.4, -0.2) is 47.1 Å². The average Bonchev–Trinajstić information content (AvgIpc) is 3.34. The lowest BCUT2D eigenvalue weighted by Gasteiger charge is -2.15. The zero-order valence-corrected chi connectivity index (χ0v) is 14.6. The molecule has 3 heterocycles. The Hall–Kier alpha value is -3.60. The Morgan fingerprint density at radius 1 is 1.37 bits per heavy atom. The molecule has 0 N–H and O–H groups in total. The van der Waals surface area contributed by atoms with Crippen molar-refractivity contribution in [3.63, 3.8) is 0 Å². The van der Waals surface area contributed by atoms with Gasteiger partial charge in [-0.2, -0.15) is 5.26 Å². The van der Waals surface area contributed by atoms with Gasteiger partial charge < -0.3 is 18.8 Å². The number of nitriles is 1. The Labute approximate surface area is 154 Å². The van der Waals surface area contributed by atoms with Gasteiger partial charge in [0, 0.05) is 30.7 Å². The summed E-state index contributed by atoms with van der Waals surface area (Å²) in [5, 5.41) is 9.88. The lowest BCUT2D eigenvalue weighted by Crippen LogP contribution is -2.30. The first-order valence-corrected chi connectivity index (χ1v) is 8.43. The molecule has 0 radical (unpaired) electrons. The largest absolute Gasteiger partial charge is 0.493 e. The quantitative estimate of drug-likeness (QED) is 0.700. The molecule has 27 heavy (non-hydrogen) atoms. The fraction of sp³-hybridized carbons (Fsp3) is 0.263. The molecule has 0 bridgehead atoms. The van der Waals surface area contributed by atoms with Crippen LogP contribution in [0.2, 0.25) is 0 Å². The van der Waals surface area contributed by atoms with Crippen LogP contribution in [0.3, 0.4) is 0 Å². The molecule has 1 aliphatic heterocycles. The number of amides is 1. The van der Waals surface area contributed by atoms with Gasteiger partial charge in [0.25, 0.3) is 11.8 Å². The van der Waals surface area contributed by atoms with Gasteiger partial charge in [-0.05, 0) is 12.1 Å². The van der Waals surface area contributed by atoms with E-state index in [0.29, 0.717) is 30.8 Å². The Morgan fingerprint density at radius 3 is 3.04 bits per heavy atom. The number of nitrogens with zero attached hydrogens (tertiary/aromatic N) is 4. The van der Waals surface area contributed by atoms with Gasteiger partial charge in [0.05, 0.1) is 13.7 Å². The highest BCUT2D eigenvalue weighted by Gasteiger charge is 2.31. The number of benzene rings is 1. The second-order valence-corrected chi connectivity index (χ2v) is 6.09. The predicted octanol–water partition coefficient (Wildman–Crippen LogP) is 2.40. The van der Waals surface area contributed by atoms with Crippen molar-refractivity contribution in [2.45, 2.75) is 12.5 Å². The Morgan fingerprint density at radius 2 is 2.22 bits per heavy atom. The molecule has 1 aliphatic rings. The molecule has 136 valence electrons. The third kappa shape index (κ3) is 3.15. The fourth-order valence-electron chi connectivity index (χ4n) is 3.11. The molecule has 0 aliphatic carbocycles. The monoisotopic (exact) mass is 364 g/mol. The summed E-state index contributed by atoms with van der Waals surface area (Å²) in [7, 11) is 1.56. The molecule has 0 saturated carbocycles. The van der Waals surface area contributed by atoms with Gasteiger partial charge in [-0.15, -0.1) is 0 Å². The molecule has 8 heteroatoms. The first-order valence-electron chi connectivity index (χ1n) is 8.43. The van der Waals surface area contributed by atoms with E-state index < -0.39 is 0 Å². The first kappa shape index (κ1) is 16.8. The van der Waals surface area contributed by atoms with E-state index in [2.05, 4.69) is 9.97 Å². The van der Waals surface area contributed by atoms with Crippen molar-refractivity contribution in [1.29, 1.82) is 5.26 Å². The van der Waals surface area contributed by atoms with Gasteiger partial charge in [-0.3, -0.25) is 4.79 Å². The highest BCUT2D eigenvalue weighted by Crippen LogP contribution is 2.29. The predicted molar refractivity (Wildman–Crippen MR) is 94.4 cm³/mol. The maximum absolute atomic E-state index is 12.8.